The van der Waals surface area contributed by atoms with Crippen molar-refractivity contribution >= 4 is 59.8 Å². The number of piperazine rings is 1. The smallest absolute Gasteiger partial charge is 0.325 e. The van der Waals surface area contributed by atoms with Crippen molar-refractivity contribution in [1.29, 1.82) is 0 Å². The Hall–Kier alpha value is -3.73. The molecule has 46 heavy (non-hydrogen) atoms. The Labute approximate surface area is 275 Å². The zero-order chi connectivity index (χ0) is 34.6. The summed E-state index contributed by atoms with van der Waals surface area (Å²) in [7, 11) is 0. The van der Waals surface area contributed by atoms with Gasteiger partial charge in [-0.3, -0.25) is 38.7 Å². The molecule has 2 aliphatic heterocycles. The number of amides is 6. The third kappa shape index (κ3) is 11.6. The first-order chi connectivity index (χ1) is 21.7. The van der Waals surface area contributed by atoms with Crippen LogP contribution in [0.1, 0.15) is 59.3 Å². The number of nitrogens with one attached hydrogen (secondary N) is 2. The van der Waals surface area contributed by atoms with Crippen LogP contribution in [0.3, 0.4) is 0 Å². The molecular formula is C29H49N9O7S. The van der Waals surface area contributed by atoms with Crippen molar-refractivity contribution in [2.24, 2.45) is 34.0 Å². The lowest BCUT2D eigenvalue weighted by Gasteiger charge is -2.41. The molecule has 258 valence electrons. The van der Waals surface area contributed by atoms with E-state index < -0.39 is 47.8 Å². The fourth-order valence-corrected chi connectivity index (χ4v) is 5.92. The van der Waals surface area contributed by atoms with Gasteiger partial charge in [-0.15, -0.1) is 0 Å². The molecule has 16 nitrogen and oxygen atoms in total. The highest BCUT2D eigenvalue weighted by Crippen LogP contribution is 2.23. The number of primary amides is 1. The van der Waals surface area contributed by atoms with Crippen LogP contribution in [0.15, 0.2) is 4.99 Å². The van der Waals surface area contributed by atoms with Gasteiger partial charge in [-0.05, 0) is 32.1 Å². The number of Topliss-reactive ketones (excluding diaryl/α,β-unsaturated/α-hetero) is 2. The molecular weight excluding hydrogens is 618 g/mol. The number of urea groups is 1. The minimum atomic E-state index is -1.17. The number of ketones is 2. The normalized spacial score (nSPS) is 18.9. The van der Waals surface area contributed by atoms with E-state index in [0.717, 1.165) is 4.90 Å². The number of hydrogen-bond donors (Lipinski definition) is 6. The summed E-state index contributed by atoms with van der Waals surface area (Å²) in [5.41, 5.74) is 16.0. The van der Waals surface area contributed by atoms with Gasteiger partial charge in [-0.2, -0.15) is 12.6 Å². The van der Waals surface area contributed by atoms with Gasteiger partial charge in [0.15, 0.2) is 11.7 Å². The quantitative estimate of drug-likeness (QED) is 0.0302. The van der Waals surface area contributed by atoms with Gasteiger partial charge in [0, 0.05) is 63.8 Å². The van der Waals surface area contributed by atoms with Gasteiger partial charge in [0.05, 0.1) is 12.5 Å². The minimum Gasteiger partial charge on any atom is -0.370 e. The molecule has 0 bridgehead atoms. The molecule has 6 amide bonds. The van der Waals surface area contributed by atoms with Gasteiger partial charge >= 0.3 is 6.03 Å². The molecule has 0 aromatic heterocycles. The number of carbonyl (C=O) groups excluding carboxylic acids is 7. The van der Waals surface area contributed by atoms with E-state index in [1.807, 2.05) is 18.7 Å². The van der Waals surface area contributed by atoms with Gasteiger partial charge in [0.25, 0.3) is 5.91 Å². The summed E-state index contributed by atoms with van der Waals surface area (Å²) in [5.74, 6) is -3.05. The summed E-state index contributed by atoms with van der Waals surface area (Å²) < 4.78 is 0. The summed E-state index contributed by atoms with van der Waals surface area (Å²) in [4.78, 5) is 96.6. The third-order valence-corrected chi connectivity index (χ3v) is 8.31. The van der Waals surface area contributed by atoms with Gasteiger partial charge < -0.3 is 32.7 Å². The highest BCUT2D eigenvalue weighted by atomic mass is 32.1. The van der Waals surface area contributed by atoms with Gasteiger partial charge in [-0.25, -0.2) is 9.69 Å². The van der Waals surface area contributed by atoms with Crippen LogP contribution in [-0.4, -0.2) is 125 Å². The predicted octanol–water partition coefficient (Wildman–Crippen LogP) is -1.64. The van der Waals surface area contributed by atoms with Gasteiger partial charge in [-0.1, -0.05) is 13.8 Å². The van der Waals surface area contributed by atoms with Crippen molar-refractivity contribution in [2.45, 2.75) is 77.4 Å². The second kappa shape index (κ2) is 18.4. The molecule has 4 atom stereocenters. The number of rotatable bonds is 19. The topological polar surface area (TPSA) is 244 Å². The zero-order valence-corrected chi connectivity index (χ0v) is 27.8. The van der Waals surface area contributed by atoms with Crippen molar-refractivity contribution in [3.05, 3.63) is 0 Å². The average molecular weight is 668 g/mol. The Morgan fingerprint density at radius 2 is 1.70 bits per heavy atom. The van der Waals surface area contributed by atoms with E-state index in [4.69, 9.17) is 17.2 Å². The molecule has 0 saturated carbocycles. The first-order valence-electron chi connectivity index (χ1n) is 15.6. The molecule has 0 unspecified atom stereocenters. The Balaban J connectivity index is 2.11. The minimum absolute atomic E-state index is 0.00929. The van der Waals surface area contributed by atoms with Crippen LogP contribution in [0.5, 0.6) is 0 Å². The first kappa shape index (κ1) is 38.5. The maximum Gasteiger partial charge on any atom is 0.325 e. The van der Waals surface area contributed by atoms with Crippen LogP contribution in [-0.2, 0) is 28.8 Å². The SMILES string of the molecule is CC(=O)CCNC(=O)[C@@H](CCCN=C(N)N)CC(=O)[C@H](CC(C)C)N1CCN(C(=O)[C@H](CS)N2C(=O)N[C@H](CC(N)=O)C2=O)CC1. The summed E-state index contributed by atoms with van der Waals surface area (Å²) in [6.45, 7) is 7.14. The molecule has 0 aromatic carbocycles. The maximum absolute atomic E-state index is 13.8. The number of aliphatic imine (C=N–C) groups is 1. The van der Waals surface area contributed by atoms with E-state index >= 15 is 0 Å². The lowest BCUT2D eigenvalue weighted by atomic mass is 9.89. The average Bonchev–Trinajstić information content (AvgIpc) is 3.24. The number of imide groups is 1. The van der Waals surface area contributed by atoms with E-state index in [0.29, 0.717) is 38.9 Å². The Morgan fingerprint density at radius 1 is 1.04 bits per heavy atom. The molecule has 0 aromatic rings. The molecule has 0 spiro atoms. The third-order valence-electron chi connectivity index (χ3n) is 7.96. The molecule has 8 N–H and O–H groups in total. The van der Waals surface area contributed by atoms with Crippen LogP contribution in [0.25, 0.3) is 0 Å². The highest BCUT2D eigenvalue weighted by molar-refractivity contribution is 7.80. The van der Waals surface area contributed by atoms with Crippen molar-refractivity contribution in [3.8, 4) is 0 Å². The standard InChI is InChI=1S/C29H49N9O7S/c1-17(2)13-21(23(40)14-19(5-4-7-34-28(31)32)25(42)33-8-6-18(3)39)36-9-11-37(12-10-36)27(44)22(16-46)38-26(43)20(15-24(30)41)35-29(38)45/h17,19-22,46H,4-16H2,1-3H3,(H2,30,41)(H,33,42)(H,35,45)(H4,31,32,34)/t19-,20+,21-,22-/m0/s1. The fraction of sp³-hybridized carbons (Fsp3) is 0.724. The lowest BCUT2D eigenvalue weighted by Crippen LogP contribution is -2.59. The summed E-state index contributed by atoms with van der Waals surface area (Å²) in [6, 6.07) is -3.59. The molecule has 2 saturated heterocycles. The van der Waals surface area contributed by atoms with Crippen LogP contribution < -0.4 is 27.8 Å². The fourth-order valence-electron chi connectivity index (χ4n) is 5.61. The summed E-state index contributed by atoms with van der Waals surface area (Å²) in [5, 5.41) is 5.16. The maximum atomic E-state index is 13.8. The van der Waals surface area contributed by atoms with Crippen LogP contribution in [0.4, 0.5) is 4.79 Å². The number of nitrogens with two attached hydrogens (primary N) is 3. The van der Waals surface area contributed by atoms with Crippen LogP contribution >= 0.6 is 12.6 Å². The monoisotopic (exact) mass is 667 g/mol. The zero-order valence-electron chi connectivity index (χ0n) is 26.9. The number of hydrogen-bond acceptors (Lipinski definition) is 10. The predicted molar refractivity (Wildman–Crippen MR) is 173 cm³/mol. The van der Waals surface area contributed by atoms with Crippen molar-refractivity contribution < 1.29 is 33.6 Å². The van der Waals surface area contributed by atoms with E-state index in [9.17, 15) is 33.6 Å². The first-order valence-corrected chi connectivity index (χ1v) is 16.2. The Morgan fingerprint density at radius 3 is 2.24 bits per heavy atom. The van der Waals surface area contributed by atoms with Gasteiger partial charge in [0.2, 0.25) is 17.7 Å². The van der Waals surface area contributed by atoms with Crippen LogP contribution in [0, 0.1) is 11.8 Å². The Bertz CT molecular complexity index is 1170. The Kier molecular flexibility index (Phi) is 15.4. The number of carbonyl (C=O) groups is 7. The number of nitrogens with zero attached hydrogens (tertiary/aromatic N) is 4. The van der Waals surface area contributed by atoms with E-state index in [1.54, 1.807) is 0 Å². The highest BCUT2D eigenvalue weighted by Gasteiger charge is 2.46. The molecule has 2 heterocycles. The number of guanidine groups is 1. The number of thiol groups is 1. The van der Waals surface area contributed by atoms with E-state index in [-0.39, 0.29) is 74.0 Å². The van der Waals surface area contributed by atoms with E-state index in [1.165, 1.54) is 11.8 Å². The lowest BCUT2D eigenvalue weighted by molar-refractivity contribution is -0.143. The molecule has 0 aliphatic carbocycles. The van der Waals surface area contributed by atoms with Crippen molar-refractivity contribution in [3.63, 3.8) is 0 Å². The molecule has 2 rings (SSSR count). The second-order valence-corrected chi connectivity index (χ2v) is 12.5. The van der Waals surface area contributed by atoms with Crippen LogP contribution in [0.2, 0.25) is 0 Å². The molecule has 17 heteroatoms. The van der Waals surface area contributed by atoms with Gasteiger partial charge in [0.1, 0.15) is 17.9 Å². The molecule has 2 fully saturated rings. The summed E-state index contributed by atoms with van der Waals surface area (Å²) in [6.07, 6.45) is 1.21. The molecule has 0 radical (unpaired) electrons. The molecule has 2 aliphatic rings. The summed E-state index contributed by atoms with van der Waals surface area (Å²) >= 11 is 4.23. The van der Waals surface area contributed by atoms with Crippen molar-refractivity contribution in [1.82, 2.24) is 25.3 Å². The van der Waals surface area contributed by atoms with E-state index in [2.05, 4.69) is 28.3 Å². The second-order valence-electron chi connectivity index (χ2n) is 12.1. The van der Waals surface area contributed by atoms with Crippen molar-refractivity contribution in [2.75, 3.05) is 45.0 Å². The largest absolute Gasteiger partial charge is 0.370 e.